The summed E-state index contributed by atoms with van der Waals surface area (Å²) in [5, 5.41) is 6.87. The predicted molar refractivity (Wildman–Crippen MR) is 80.3 cm³/mol. The summed E-state index contributed by atoms with van der Waals surface area (Å²) in [4.78, 5) is 0.158. The smallest absolute Gasteiger partial charge is 0.242 e. The van der Waals surface area contributed by atoms with Crippen LogP contribution in [0, 0.1) is 6.92 Å². The van der Waals surface area contributed by atoms with Crippen molar-refractivity contribution >= 4 is 21.4 Å². The highest BCUT2D eigenvalue weighted by Crippen LogP contribution is 2.24. The zero-order valence-corrected chi connectivity index (χ0v) is 12.9. The van der Waals surface area contributed by atoms with Gasteiger partial charge in [-0.25, -0.2) is 12.7 Å². The van der Waals surface area contributed by atoms with Crippen molar-refractivity contribution in [3.05, 3.63) is 35.7 Å². The van der Waals surface area contributed by atoms with Gasteiger partial charge in [0, 0.05) is 20.2 Å². The van der Waals surface area contributed by atoms with Gasteiger partial charge in [0.2, 0.25) is 10.0 Å². The SMILES string of the molecule is Cc1cc(CNc2ccc(S(=O)(=O)N(C)C)cc2N)on1. The standard InChI is InChI=1S/C13H18N4O3S/c1-9-6-10(20-16-9)8-15-13-5-4-11(7-12(13)14)21(18,19)17(2)3/h4-7,15H,8,14H2,1-3H3. The first-order chi connectivity index (χ1) is 9.80. The lowest BCUT2D eigenvalue weighted by Gasteiger charge is -2.13. The highest BCUT2D eigenvalue weighted by Gasteiger charge is 2.18. The number of aromatic nitrogens is 1. The molecular formula is C13H18N4O3S. The summed E-state index contributed by atoms with van der Waals surface area (Å²) in [6.07, 6.45) is 0. The molecule has 2 aromatic rings. The van der Waals surface area contributed by atoms with E-state index in [0.717, 1.165) is 10.00 Å². The van der Waals surface area contributed by atoms with Crippen LogP contribution in [0.4, 0.5) is 11.4 Å². The first-order valence-corrected chi connectivity index (χ1v) is 7.73. The largest absolute Gasteiger partial charge is 0.397 e. The van der Waals surface area contributed by atoms with Gasteiger partial charge < -0.3 is 15.6 Å². The zero-order chi connectivity index (χ0) is 15.6. The van der Waals surface area contributed by atoms with Crippen LogP contribution in [0.2, 0.25) is 0 Å². The maximum Gasteiger partial charge on any atom is 0.242 e. The molecular weight excluding hydrogens is 292 g/mol. The van der Waals surface area contributed by atoms with E-state index in [0.29, 0.717) is 23.7 Å². The van der Waals surface area contributed by atoms with Crippen molar-refractivity contribution in [3.8, 4) is 0 Å². The number of anilines is 2. The Morgan fingerprint density at radius 3 is 2.57 bits per heavy atom. The molecule has 0 aliphatic heterocycles. The van der Waals surface area contributed by atoms with Crippen LogP contribution < -0.4 is 11.1 Å². The Hall–Kier alpha value is -2.06. The van der Waals surface area contributed by atoms with Crippen molar-refractivity contribution in [1.29, 1.82) is 0 Å². The van der Waals surface area contributed by atoms with E-state index >= 15 is 0 Å². The molecule has 0 fully saturated rings. The van der Waals surface area contributed by atoms with E-state index < -0.39 is 10.0 Å². The Balaban J connectivity index is 2.16. The second kappa shape index (κ2) is 5.74. The fourth-order valence-corrected chi connectivity index (χ4v) is 2.69. The van der Waals surface area contributed by atoms with Gasteiger partial charge in [0.05, 0.1) is 28.5 Å². The summed E-state index contributed by atoms with van der Waals surface area (Å²) >= 11 is 0. The van der Waals surface area contributed by atoms with Crippen molar-refractivity contribution in [2.24, 2.45) is 0 Å². The Bertz CT molecular complexity index is 738. The summed E-state index contributed by atoms with van der Waals surface area (Å²) < 4.78 is 30.2. The maximum absolute atomic E-state index is 12.0. The van der Waals surface area contributed by atoms with Gasteiger partial charge in [0.25, 0.3) is 0 Å². The summed E-state index contributed by atoms with van der Waals surface area (Å²) in [6, 6.07) is 6.39. The van der Waals surface area contributed by atoms with Gasteiger partial charge in [0.15, 0.2) is 5.76 Å². The fraction of sp³-hybridized carbons (Fsp3) is 0.308. The van der Waals surface area contributed by atoms with E-state index in [9.17, 15) is 8.42 Å². The lowest BCUT2D eigenvalue weighted by Crippen LogP contribution is -2.22. The molecule has 2 rings (SSSR count). The van der Waals surface area contributed by atoms with Crippen LogP contribution in [0.25, 0.3) is 0 Å². The lowest BCUT2D eigenvalue weighted by atomic mass is 10.2. The maximum atomic E-state index is 12.0. The monoisotopic (exact) mass is 310 g/mol. The van der Waals surface area contributed by atoms with Crippen LogP contribution in [0.15, 0.2) is 33.7 Å². The Labute approximate surface area is 123 Å². The van der Waals surface area contributed by atoms with Crippen LogP contribution >= 0.6 is 0 Å². The molecule has 0 aliphatic rings. The number of hydrogen-bond acceptors (Lipinski definition) is 6. The van der Waals surface area contributed by atoms with Gasteiger partial charge in [-0.1, -0.05) is 5.16 Å². The molecule has 0 amide bonds. The van der Waals surface area contributed by atoms with Crippen LogP contribution in [-0.2, 0) is 16.6 Å². The number of aryl methyl sites for hydroxylation is 1. The third kappa shape index (κ3) is 3.34. The number of rotatable bonds is 5. The highest BCUT2D eigenvalue weighted by molar-refractivity contribution is 7.89. The Kier molecular flexibility index (Phi) is 4.19. The van der Waals surface area contributed by atoms with Gasteiger partial charge in [0.1, 0.15) is 0 Å². The predicted octanol–water partition coefficient (Wildman–Crippen LogP) is 1.43. The molecule has 0 aliphatic carbocycles. The van der Waals surface area contributed by atoms with Crippen LogP contribution in [0.5, 0.6) is 0 Å². The Morgan fingerprint density at radius 2 is 2.05 bits per heavy atom. The molecule has 3 N–H and O–H groups in total. The molecule has 1 aromatic carbocycles. The van der Waals surface area contributed by atoms with Crippen LogP contribution in [0.1, 0.15) is 11.5 Å². The van der Waals surface area contributed by atoms with Crippen molar-refractivity contribution in [2.45, 2.75) is 18.4 Å². The molecule has 1 heterocycles. The normalized spacial score (nSPS) is 11.8. The number of nitrogens with zero attached hydrogens (tertiary/aromatic N) is 2. The van der Waals surface area contributed by atoms with Crippen molar-refractivity contribution in [3.63, 3.8) is 0 Å². The second-order valence-electron chi connectivity index (χ2n) is 4.82. The van der Waals surface area contributed by atoms with E-state index in [1.165, 1.54) is 26.2 Å². The lowest BCUT2D eigenvalue weighted by molar-refractivity contribution is 0.384. The zero-order valence-electron chi connectivity index (χ0n) is 12.1. The van der Waals surface area contributed by atoms with E-state index in [1.54, 1.807) is 6.07 Å². The van der Waals surface area contributed by atoms with E-state index in [1.807, 2.05) is 13.0 Å². The average molecular weight is 310 g/mol. The minimum absolute atomic E-state index is 0.158. The quantitative estimate of drug-likeness (QED) is 0.810. The summed E-state index contributed by atoms with van der Waals surface area (Å²) in [6.45, 7) is 2.26. The number of hydrogen-bond donors (Lipinski definition) is 2. The molecule has 0 atom stereocenters. The van der Waals surface area contributed by atoms with Crippen molar-refractivity contribution < 1.29 is 12.9 Å². The summed E-state index contributed by atoms with van der Waals surface area (Å²) in [5.74, 6) is 0.678. The topological polar surface area (TPSA) is 101 Å². The highest BCUT2D eigenvalue weighted by atomic mass is 32.2. The molecule has 0 saturated heterocycles. The molecule has 114 valence electrons. The molecule has 0 bridgehead atoms. The van der Waals surface area contributed by atoms with E-state index in [-0.39, 0.29) is 4.90 Å². The minimum atomic E-state index is -3.48. The van der Waals surface area contributed by atoms with E-state index in [4.69, 9.17) is 10.3 Å². The van der Waals surface area contributed by atoms with Gasteiger partial charge in [-0.3, -0.25) is 0 Å². The van der Waals surface area contributed by atoms with Crippen LogP contribution in [0.3, 0.4) is 0 Å². The number of sulfonamides is 1. The van der Waals surface area contributed by atoms with Crippen molar-refractivity contribution in [2.75, 3.05) is 25.1 Å². The minimum Gasteiger partial charge on any atom is -0.397 e. The molecule has 0 saturated carbocycles. The van der Waals surface area contributed by atoms with E-state index in [2.05, 4.69) is 10.5 Å². The molecule has 8 heteroatoms. The molecule has 0 unspecified atom stereocenters. The fourth-order valence-electron chi connectivity index (χ4n) is 1.76. The van der Waals surface area contributed by atoms with Crippen molar-refractivity contribution in [1.82, 2.24) is 9.46 Å². The number of nitrogens with two attached hydrogens (primary N) is 1. The molecule has 7 nitrogen and oxygen atoms in total. The molecule has 0 radical (unpaired) electrons. The third-order valence-corrected chi connectivity index (χ3v) is 4.74. The molecule has 1 aromatic heterocycles. The van der Waals surface area contributed by atoms with Gasteiger partial charge >= 0.3 is 0 Å². The first kappa shape index (κ1) is 15.3. The number of nitrogens with one attached hydrogen (secondary N) is 1. The summed E-state index contributed by atoms with van der Waals surface area (Å²) in [7, 11) is -0.531. The van der Waals surface area contributed by atoms with Gasteiger partial charge in [-0.05, 0) is 25.1 Å². The van der Waals surface area contributed by atoms with Gasteiger partial charge in [-0.2, -0.15) is 0 Å². The number of nitrogen functional groups attached to an aromatic ring is 1. The third-order valence-electron chi connectivity index (χ3n) is 2.93. The average Bonchev–Trinajstić information content (AvgIpc) is 2.82. The number of benzene rings is 1. The summed E-state index contributed by atoms with van der Waals surface area (Å²) in [5.41, 5.74) is 7.69. The second-order valence-corrected chi connectivity index (χ2v) is 6.98. The van der Waals surface area contributed by atoms with Crippen LogP contribution in [-0.4, -0.2) is 32.0 Å². The Morgan fingerprint density at radius 1 is 1.33 bits per heavy atom. The first-order valence-electron chi connectivity index (χ1n) is 6.29. The van der Waals surface area contributed by atoms with Gasteiger partial charge in [-0.15, -0.1) is 0 Å². The molecule has 21 heavy (non-hydrogen) atoms. The molecule has 0 spiro atoms.